The van der Waals surface area contributed by atoms with Crippen molar-refractivity contribution in [2.24, 2.45) is 0 Å². The van der Waals surface area contributed by atoms with Crippen LogP contribution < -0.4 is 11.1 Å². The molecular formula is C17H22N2O. The van der Waals surface area contributed by atoms with Crippen molar-refractivity contribution in [3.05, 3.63) is 59.7 Å². The molecule has 0 saturated carbocycles. The molecule has 0 fully saturated rings. The number of phenols is 1. The van der Waals surface area contributed by atoms with Crippen LogP contribution >= 0.6 is 0 Å². The van der Waals surface area contributed by atoms with E-state index < -0.39 is 0 Å². The number of aromatic hydroxyl groups is 1. The molecule has 0 aromatic heterocycles. The molecule has 0 aliphatic heterocycles. The first-order valence-corrected chi connectivity index (χ1v) is 7.00. The van der Waals surface area contributed by atoms with Crippen LogP contribution in [0.15, 0.2) is 48.5 Å². The Labute approximate surface area is 120 Å². The Kier molecular flexibility index (Phi) is 5.02. The molecule has 0 spiro atoms. The number of hydrogen-bond acceptors (Lipinski definition) is 3. The summed E-state index contributed by atoms with van der Waals surface area (Å²) in [7, 11) is 0. The van der Waals surface area contributed by atoms with E-state index in [2.05, 4.69) is 18.3 Å². The monoisotopic (exact) mass is 270 g/mol. The summed E-state index contributed by atoms with van der Waals surface area (Å²) in [5.74, 6) is 0.319. The maximum Gasteiger partial charge on any atom is 0.115 e. The fourth-order valence-corrected chi connectivity index (χ4v) is 2.13. The van der Waals surface area contributed by atoms with Crippen molar-refractivity contribution in [2.75, 3.05) is 5.73 Å². The van der Waals surface area contributed by atoms with Gasteiger partial charge >= 0.3 is 0 Å². The smallest absolute Gasteiger partial charge is 0.115 e. The molecule has 0 bridgehead atoms. The first-order chi connectivity index (χ1) is 9.65. The molecule has 20 heavy (non-hydrogen) atoms. The highest BCUT2D eigenvalue weighted by Gasteiger charge is 2.04. The van der Waals surface area contributed by atoms with Crippen molar-refractivity contribution < 1.29 is 5.11 Å². The zero-order valence-electron chi connectivity index (χ0n) is 11.8. The van der Waals surface area contributed by atoms with Crippen molar-refractivity contribution >= 4 is 5.69 Å². The number of nitrogen functional groups attached to an aromatic ring is 1. The van der Waals surface area contributed by atoms with Crippen LogP contribution in [0.2, 0.25) is 0 Å². The molecule has 2 aromatic rings. The lowest BCUT2D eigenvalue weighted by molar-refractivity contribution is 0.474. The predicted octanol–water partition coefficient (Wildman–Crippen LogP) is 3.09. The second-order valence-electron chi connectivity index (χ2n) is 5.19. The standard InChI is InChI=1S/C17H22N2O/c1-13(6-7-14-8-10-16(20)11-9-14)19-12-15-4-2-3-5-17(15)18/h2-5,8-11,13,19-20H,6-7,12,18H2,1H3. The van der Waals surface area contributed by atoms with Crippen LogP contribution in [0.25, 0.3) is 0 Å². The van der Waals surface area contributed by atoms with E-state index in [1.165, 1.54) is 5.56 Å². The number of para-hydroxylation sites is 1. The Balaban J connectivity index is 1.77. The molecule has 2 rings (SSSR count). The summed E-state index contributed by atoms with van der Waals surface area (Å²) in [5.41, 5.74) is 9.15. The van der Waals surface area contributed by atoms with E-state index in [1.807, 2.05) is 30.3 Å². The summed E-state index contributed by atoms with van der Waals surface area (Å²) in [6, 6.07) is 15.8. The molecular weight excluding hydrogens is 248 g/mol. The van der Waals surface area contributed by atoms with Gasteiger partial charge in [0.2, 0.25) is 0 Å². The van der Waals surface area contributed by atoms with E-state index in [-0.39, 0.29) is 0 Å². The van der Waals surface area contributed by atoms with Gasteiger partial charge in [-0.25, -0.2) is 0 Å². The molecule has 0 radical (unpaired) electrons. The maximum atomic E-state index is 9.25. The topological polar surface area (TPSA) is 58.3 Å². The van der Waals surface area contributed by atoms with E-state index in [0.29, 0.717) is 11.8 Å². The average molecular weight is 270 g/mol. The van der Waals surface area contributed by atoms with Gasteiger partial charge in [0.05, 0.1) is 0 Å². The van der Waals surface area contributed by atoms with Crippen LogP contribution in [0, 0.1) is 0 Å². The van der Waals surface area contributed by atoms with E-state index in [4.69, 9.17) is 5.73 Å². The summed E-state index contributed by atoms with van der Waals surface area (Å²) in [6.45, 7) is 2.98. The summed E-state index contributed by atoms with van der Waals surface area (Å²) >= 11 is 0. The number of rotatable bonds is 6. The Morgan fingerprint density at radius 3 is 2.50 bits per heavy atom. The third kappa shape index (κ3) is 4.28. The van der Waals surface area contributed by atoms with E-state index in [9.17, 15) is 5.11 Å². The summed E-state index contributed by atoms with van der Waals surface area (Å²) in [5, 5.41) is 12.7. The molecule has 4 N–H and O–H groups in total. The van der Waals surface area contributed by atoms with Gasteiger partial charge in [0.25, 0.3) is 0 Å². The minimum absolute atomic E-state index is 0.319. The number of anilines is 1. The van der Waals surface area contributed by atoms with Gasteiger partial charge in [0.1, 0.15) is 5.75 Å². The molecule has 2 aromatic carbocycles. The molecule has 0 aliphatic rings. The van der Waals surface area contributed by atoms with Gasteiger partial charge in [-0.3, -0.25) is 0 Å². The molecule has 1 unspecified atom stereocenters. The SMILES string of the molecule is CC(CCc1ccc(O)cc1)NCc1ccccc1N. The lowest BCUT2D eigenvalue weighted by atomic mass is 10.1. The molecule has 1 atom stereocenters. The van der Waals surface area contributed by atoms with Crippen molar-refractivity contribution in [3.8, 4) is 5.75 Å². The maximum absolute atomic E-state index is 9.25. The number of aryl methyl sites for hydroxylation is 1. The lowest BCUT2D eigenvalue weighted by Crippen LogP contribution is -2.26. The molecule has 0 amide bonds. The van der Waals surface area contributed by atoms with Crippen LogP contribution in [-0.2, 0) is 13.0 Å². The number of phenolic OH excluding ortho intramolecular Hbond substituents is 1. The zero-order chi connectivity index (χ0) is 14.4. The van der Waals surface area contributed by atoms with Gasteiger partial charge in [-0.15, -0.1) is 0 Å². The minimum atomic E-state index is 0.319. The zero-order valence-corrected chi connectivity index (χ0v) is 11.8. The van der Waals surface area contributed by atoms with Crippen LogP contribution in [0.5, 0.6) is 5.75 Å². The predicted molar refractivity (Wildman–Crippen MR) is 83.6 cm³/mol. The normalized spacial score (nSPS) is 12.2. The Morgan fingerprint density at radius 2 is 1.80 bits per heavy atom. The minimum Gasteiger partial charge on any atom is -0.508 e. The molecule has 106 valence electrons. The van der Waals surface area contributed by atoms with Gasteiger partial charge in [-0.1, -0.05) is 30.3 Å². The third-order valence-electron chi connectivity index (χ3n) is 3.50. The van der Waals surface area contributed by atoms with Gasteiger partial charge in [0, 0.05) is 18.3 Å². The molecule has 3 heteroatoms. The highest BCUT2D eigenvalue weighted by atomic mass is 16.3. The van der Waals surface area contributed by atoms with Gasteiger partial charge < -0.3 is 16.2 Å². The third-order valence-corrected chi connectivity index (χ3v) is 3.50. The van der Waals surface area contributed by atoms with Crippen molar-refractivity contribution in [2.45, 2.75) is 32.4 Å². The first kappa shape index (κ1) is 14.4. The molecule has 0 aliphatic carbocycles. The van der Waals surface area contributed by atoms with Crippen LogP contribution in [-0.4, -0.2) is 11.1 Å². The van der Waals surface area contributed by atoms with Gasteiger partial charge in [-0.05, 0) is 49.1 Å². The summed E-state index contributed by atoms with van der Waals surface area (Å²) in [4.78, 5) is 0. The van der Waals surface area contributed by atoms with Crippen molar-refractivity contribution in [1.29, 1.82) is 0 Å². The van der Waals surface area contributed by atoms with Gasteiger partial charge in [0.15, 0.2) is 0 Å². The summed E-state index contributed by atoms with van der Waals surface area (Å²) in [6.07, 6.45) is 2.05. The van der Waals surface area contributed by atoms with E-state index in [0.717, 1.165) is 30.6 Å². The largest absolute Gasteiger partial charge is 0.508 e. The summed E-state index contributed by atoms with van der Waals surface area (Å²) < 4.78 is 0. The fraction of sp³-hybridized carbons (Fsp3) is 0.294. The van der Waals surface area contributed by atoms with Crippen LogP contribution in [0.4, 0.5) is 5.69 Å². The first-order valence-electron chi connectivity index (χ1n) is 7.00. The fourth-order valence-electron chi connectivity index (χ4n) is 2.13. The lowest BCUT2D eigenvalue weighted by Gasteiger charge is -2.15. The highest BCUT2D eigenvalue weighted by Crippen LogP contribution is 2.13. The van der Waals surface area contributed by atoms with Gasteiger partial charge in [-0.2, -0.15) is 0 Å². The van der Waals surface area contributed by atoms with E-state index >= 15 is 0 Å². The molecule has 0 heterocycles. The average Bonchev–Trinajstić information content (AvgIpc) is 2.46. The number of nitrogens with two attached hydrogens (primary N) is 1. The Bertz CT molecular complexity index is 537. The van der Waals surface area contributed by atoms with Crippen molar-refractivity contribution in [1.82, 2.24) is 5.32 Å². The second-order valence-corrected chi connectivity index (χ2v) is 5.19. The molecule has 3 nitrogen and oxygen atoms in total. The van der Waals surface area contributed by atoms with Crippen LogP contribution in [0.1, 0.15) is 24.5 Å². The van der Waals surface area contributed by atoms with E-state index in [1.54, 1.807) is 12.1 Å². The molecule has 0 saturated heterocycles. The number of benzene rings is 2. The van der Waals surface area contributed by atoms with Crippen LogP contribution in [0.3, 0.4) is 0 Å². The second kappa shape index (κ2) is 6.96. The quantitative estimate of drug-likeness (QED) is 0.707. The number of hydrogen-bond donors (Lipinski definition) is 3. The van der Waals surface area contributed by atoms with Crippen molar-refractivity contribution in [3.63, 3.8) is 0 Å². The Hall–Kier alpha value is -2.00. The Morgan fingerprint density at radius 1 is 1.10 bits per heavy atom. The highest BCUT2D eigenvalue weighted by molar-refractivity contribution is 5.46. The number of nitrogens with one attached hydrogen (secondary N) is 1.